The van der Waals surface area contributed by atoms with Gasteiger partial charge in [-0.05, 0) is 67.9 Å². The molecule has 1 aliphatic rings. The molecule has 0 bridgehead atoms. The molecule has 4 rings (SSSR count). The third-order valence-corrected chi connectivity index (χ3v) is 7.75. The number of carbonyl (C=O) groups is 1. The van der Waals surface area contributed by atoms with E-state index in [0.717, 1.165) is 5.69 Å². The van der Waals surface area contributed by atoms with Crippen LogP contribution in [-0.4, -0.2) is 52.0 Å². The average Bonchev–Trinajstić information content (AvgIpc) is 2.85. The van der Waals surface area contributed by atoms with E-state index in [2.05, 4.69) is 9.62 Å². The summed E-state index contributed by atoms with van der Waals surface area (Å²) in [5, 5.41) is 0.681. The van der Waals surface area contributed by atoms with Crippen LogP contribution in [0.15, 0.2) is 71.6 Å². The van der Waals surface area contributed by atoms with Gasteiger partial charge in [0, 0.05) is 37.4 Å². The number of nitrogens with one attached hydrogen (secondary N) is 1. The zero-order valence-electron chi connectivity index (χ0n) is 19.7. The molecule has 3 aromatic rings. The molecule has 0 spiro atoms. The van der Waals surface area contributed by atoms with E-state index in [1.54, 1.807) is 48.2 Å². The number of benzene rings is 3. The van der Waals surface area contributed by atoms with E-state index in [9.17, 15) is 13.2 Å². The number of ether oxygens (including phenoxy) is 1. The molecular weight excluding hydrogens is 486 g/mol. The number of para-hydroxylation sites is 1. The highest BCUT2D eigenvalue weighted by molar-refractivity contribution is 7.92. The molecule has 1 aliphatic heterocycles. The number of hydrogen-bond acceptors (Lipinski definition) is 5. The first-order valence-corrected chi connectivity index (χ1v) is 13.3. The van der Waals surface area contributed by atoms with Crippen LogP contribution in [0.4, 0.5) is 11.4 Å². The molecule has 35 heavy (non-hydrogen) atoms. The molecule has 1 heterocycles. The average molecular weight is 514 g/mol. The summed E-state index contributed by atoms with van der Waals surface area (Å²) in [6.07, 6.45) is 0. The molecule has 0 atom stereocenters. The highest BCUT2D eigenvalue weighted by Gasteiger charge is 2.25. The summed E-state index contributed by atoms with van der Waals surface area (Å²) in [7, 11) is -3.89. The van der Waals surface area contributed by atoms with E-state index in [1.165, 1.54) is 6.07 Å². The molecule has 1 fully saturated rings. The van der Waals surface area contributed by atoms with Crippen LogP contribution in [0.5, 0.6) is 5.75 Å². The van der Waals surface area contributed by atoms with Crippen LogP contribution in [0.2, 0.25) is 5.02 Å². The largest absolute Gasteiger partial charge is 0.494 e. The number of hydrogen-bond donors (Lipinski definition) is 1. The Morgan fingerprint density at radius 3 is 2.34 bits per heavy atom. The maximum atomic E-state index is 13.2. The van der Waals surface area contributed by atoms with Gasteiger partial charge >= 0.3 is 0 Å². The topological polar surface area (TPSA) is 78.9 Å². The number of amides is 1. The summed E-state index contributed by atoms with van der Waals surface area (Å²) in [5.41, 5.74) is 2.27. The molecule has 3 aromatic carbocycles. The molecule has 0 unspecified atom stereocenters. The third-order valence-electron chi connectivity index (χ3n) is 5.90. The van der Waals surface area contributed by atoms with Crippen LogP contribution in [0.1, 0.15) is 22.8 Å². The molecule has 0 aromatic heterocycles. The van der Waals surface area contributed by atoms with Crippen LogP contribution in [-0.2, 0) is 10.0 Å². The maximum absolute atomic E-state index is 13.2. The van der Waals surface area contributed by atoms with E-state index in [4.69, 9.17) is 16.3 Å². The predicted octanol–water partition coefficient (Wildman–Crippen LogP) is 4.81. The van der Waals surface area contributed by atoms with Crippen LogP contribution < -0.4 is 14.4 Å². The van der Waals surface area contributed by atoms with Gasteiger partial charge in [-0.2, -0.15) is 0 Å². The standard InChI is InChI=1S/C26H28ClN3O4S/c1-3-34-22-12-10-21(11-13-22)28-35(32,33)25-18-20(9-8-19(25)2)26(31)30-16-14-29(15-17-30)24-7-5-4-6-23(24)27/h4-13,18,28H,3,14-17H2,1-2H3. The molecule has 1 saturated heterocycles. The number of halogens is 1. The van der Waals surface area contributed by atoms with Crippen molar-refractivity contribution in [2.75, 3.05) is 42.4 Å². The summed E-state index contributed by atoms with van der Waals surface area (Å²) in [6.45, 7) is 6.45. The summed E-state index contributed by atoms with van der Waals surface area (Å²) in [5.74, 6) is 0.468. The fraction of sp³-hybridized carbons (Fsp3) is 0.269. The van der Waals surface area contributed by atoms with E-state index >= 15 is 0 Å². The van der Waals surface area contributed by atoms with Crippen LogP contribution in [0.25, 0.3) is 0 Å². The molecule has 0 saturated carbocycles. The number of rotatable bonds is 7. The molecule has 9 heteroatoms. The van der Waals surface area contributed by atoms with Gasteiger partial charge in [0.05, 0.1) is 22.2 Å². The Morgan fingerprint density at radius 1 is 1.00 bits per heavy atom. The predicted molar refractivity (Wildman–Crippen MR) is 139 cm³/mol. The Balaban J connectivity index is 1.47. The van der Waals surface area contributed by atoms with Gasteiger partial charge in [-0.15, -0.1) is 0 Å². The number of nitrogens with zero attached hydrogens (tertiary/aromatic N) is 2. The summed E-state index contributed by atoms with van der Waals surface area (Å²) >= 11 is 6.32. The smallest absolute Gasteiger partial charge is 0.262 e. The molecular formula is C26H28ClN3O4S. The van der Waals surface area contributed by atoms with Gasteiger partial charge in [-0.1, -0.05) is 29.8 Å². The number of carbonyl (C=O) groups excluding carboxylic acids is 1. The molecule has 1 N–H and O–H groups in total. The normalized spacial score (nSPS) is 14.0. The lowest BCUT2D eigenvalue weighted by Gasteiger charge is -2.36. The third kappa shape index (κ3) is 5.71. The van der Waals surface area contributed by atoms with Crippen molar-refractivity contribution < 1.29 is 17.9 Å². The maximum Gasteiger partial charge on any atom is 0.262 e. The highest BCUT2D eigenvalue weighted by atomic mass is 35.5. The van der Waals surface area contributed by atoms with E-state index in [0.29, 0.717) is 60.4 Å². The van der Waals surface area contributed by atoms with Crippen molar-refractivity contribution in [3.63, 3.8) is 0 Å². The van der Waals surface area contributed by atoms with Gasteiger partial charge in [-0.3, -0.25) is 9.52 Å². The zero-order chi connectivity index (χ0) is 25.0. The first-order chi connectivity index (χ1) is 16.8. The Labute approximate surface area is 211 Å². The van der Waals surface area contributed by atoms with Crippen molar-refractivity contribution in [1.82, 2.24) is 4.90 Å². The Morgan fingerprint density at radius 2 is 1.69 bits per heavy atom. The van der Waals surface area contributed by atoms with Gasteiger partial charge in [0.25, 0.3) is 15.9 Å². The minimum absolute atomic E-state index is 0.0759. The van der Waals surface area contributed by atoms with Crippen molar-refractivity contribution in [3.05, 3.63) is 82.9 Å². The lowest BCUT2D eigenvalue weighted by molar-refractivity contribution is 0.0746. The second-order valence-electron chi connectivity index (χ2n) is 8.27. The lowest BCUT2D eigenvalue weighted by Crippen LogP contribution is -2.48. The monoisotopic (exact) mass is 513 g/mol. The van der Waals surface area contributed by atoms with Gasteiger partial charge < -0.3 is 14.5 Å². The van der Waals surface area contributed by atoms with E-state index in [1.807, 2.05) is 31.2 Å². The lowest BCUT2D eigenvalue weighted by atomic mass is 10.1. The number of piperazine rings is 1. The first-order valence-electron chi connectivity index (χ1n) is 11.4. The Kier molecular flexibility index (Phi) is 7.52. The van der Waals surface area contributed by atoms with Gasteiger partial charge in [0.15, 0.2) is 0 Å². The summed E-state index contributed by atoms with van der Waals surface area (Å²) < 4.78 is 34.3. The fourth-order valence-corrected chi connectivity index (χ4v) is 5.65. The van der Waals surface area contributed by atoms with Gasteiger partial charge in [-0.25, -0.2) is 8.42 Å². The molecule has 0 aliphatic carbocycles. The molecule has 0 radical (unpaired) electrons. The van der Waals surface area contributed by atoms with Crippen molar-refractivity contribution >= 4 is 38.9 Å². The van der Waals surface area contributed by atoms with Crippen LogP contribution in [0, 0.1) is 6.92 Å². The minimum atomic E-state index is -3.89. The number of anilines is 2. The molecule has 7 nitrogen and oxygen atoms in total. The Hall–Kier alpha value is -3.23. The molecule has 1 amide bonds. The Bertz CT molecular complexity index is 1300. The van der Waals surface area contributed by atoms with Gasteiger partial charge in [0.2, 0.25) is 0 Å². The highest BCUT2D eigenvalue weighted by Crippen LogP contribution is 2.27. The van der Waals surface area contributed by atoms with Crippen molar-refractivity contribution in [2.45, 2.75) is 18.7 Å². The number of sulfonamides is 1. The fourth-order valence-electron chi connectivity index (χ4n) is 4.06. The van der Waals surface area contributed by atoms with Gasteiger partial charge in [0.1, 0.15) is 5.75 Å². The second kappa shape index (κ2) is 10.6. The minimum Gasteiger partial charge on any atom is -0.494 e. The SMILES string of the molecule is CCOc1ccc(NS(=O)(=O)c2cc(C(=O)N3CCN(c4ccccc4Cl)CC3)ccc2C)cc1. The van der Waals surface area contributed by atoms with Crippen molar-refractivity contribution in [3.8, 4) is 5.75 Å². The van der Waals surface area contributed by atoms with E-state index in [-0.39, 0.29) is 10.8 Å². The second-order valence-corrected chi connectivity index (χ2v) is 10.3. The van der Waals surface area contributed by atoms with E-state index < -0.39 is 10.0 Å². The first kappa shape index (κ1) is 24.9. The van der Waals surface area contributed by atoms with Crippen LogP contribution in [0.3, 0.4) is 0 Å². The van der Waals surface area contributed by atoms with Crippen molar-refractivity contribution in [2.24, 2.45) is 0 Å². The summed E-state index contributed by atoms with van der Waals surface area (Å²) in [6, 6.07) is 19.1. The number of aryl methyl sites for hydroxylation is 1. The van der Waals surface area contributed by atoms with Crippen molar-refractivity contribution in [1.29, 1.82) is 0 Å². The summed E-state index contributed by atoms with van der Waals surface area (Å²) in [4.78, 5) is 17.2. The van der Waals surface area contributed by atoms with Crippen LogP contribution >= 0.6 is 11.6 Å². The molecule has 184 valence electrons. The quantitative estimate of drug-likeness (QED) is 0.490. The zero-order valence-corrected chi connectivity index (χ0v) is 21.3.